The molecule has 0 unspecified atom stereocenters. The Labute approximate surface area is 92.3 Å². The van der Waals surface area contributed by atoms with Crippen molar-refractivity contribution in [3.05, 3.63) is 47.5 Å². The monoisotopic (exact) mass is 224 g/mol. The molecule has 16 heavy (non-hydrogen) atoms. The smallest absolute Gasteiger partial charge is 0.266 e. The molecular weight excluding hydrogens is 211 g/mol. The predicted molar refractivity (Wildman–Crippen MR) is 57.6 cm³/mol. The summed E-state index contributed by atoms with van der Waals surface area (Å²) in [6.45, 7) is 0.300. The number of hydrazine groups is 1. The third-order valence-electron chi connectivity index (χ3n) is 1.87. The number of carbonyl (C=O) groups is 1. The van der Waals surface area contributed by atoms with Gasteiger partial charge in [-0.1, -0.05) is 12.1 Å². The number of amides is 1. The SMILES string of the molecule is NC(=O)/C(N)=C/N(N)Cc1ccc(F)cc1. The van der Waals surface area contributed by atoms with Crippen molar-refractivity contribution in [1.29, 1.82) is 0 Å². The molecular formula is C10H13FN4O. The van der Waals surface area contributed by atoms with E-state index in [1.54, 1.807) is 12.1 Å². The van der Waals surface area contributed by atoms with Gasteiger partial charge in [0.25, 0.3) is 5.91 Å². The van der Waals surface area contributed by atoms with Gasteiger partial charge in [0.1, 0.15) is 11.5 Å². The number of carbonyl (C=O) groups excluding carboxylic acids is 1. The number of nitrogens with two attached hydrogens (primary N) is 3. The standard InChI is InChI=1S/C10H13FN4O/c11-8-3-1-7(2-4-8)5-15(14)6-9(12)10(13)16/h1-4,6H,5,12,14H2,(H2,13,16)/b9-6-. The van der Waals surface area contributed by atoms with Crippen molar-refractivity contribution in [2.45, 2.75) is 6.54 Å². The summed E-state index contributed by atoms with van der Waals surface area (Å²) in [4.78, 5) is 10.6. The topological polar surface area (TPSA) is 98.4 Å². The molecule has 1 aromatic carbocycles. The molecule has 86 valence electrons. The normalized spacial score (nSPS) is 11.2. The van der Waals surface area contributed by atoms with Crippen LogP contribution in [0.5, 0.6) is 0 Å². The highest BCUT2D eigenvalue weighted by Crippen LogP contribution is 2.04. The zero-order valence-electron chi connectivity index (χ0n) is 8.56. The van der Waals surface area contributed by atoms with Crippen LogP contribution in [0, 0.1) is 5.82 Å². The quantitative estimate of drug-likeness (QED) is 0.374. The first-order chi connectivity index (χ1) is 7.49. The van der Waals surface area contributed by atoms with E-state index in [9.17, 15) is 9.18 Å². The lowest BCUT2D eigenvalue weighted by molar-refractivity contribution is -0.114. The first-order valence-electron chi connectivity index (χ1n) is 4.52. The van der Waals surface area contributed by atoms with Crippen LogP contribution < -0.4 is 17.3 Å². The Morgan fingerprint density at radius 2 is 1.88 bits per heavy atom. The number of nitrogens with zero attached hydrogens (tertiary/aromatic N) is 1. The van der Waals surface area contributed by atoms with Gasteiger partial charge in [0.2, 0.25) is 0 Å². The summed E-state index contributed by atoms with van der Waals surface area (Å²) in [5.74, 6) is 4.50. The minimum absolute atomic E-state index is 0.135. The molecule has 0 spiro atoms. The molecule has 6 N–H and O–H groups in total. The average molecular weight is 224 g/mol. The lowest BCUT2D eigenvalue weighted by atomic mass is 10.2. The second-order valence-electron chi connectivity index (χ2n) is 3.25. The summed E-state index contributed by atoms with van der Waals surface area (Å²) in [5.41, 5.74) is 10.9. The maximum absolute atomic E-state index is 12.6. The van der Waals surface area contributed by atoms with Crippen LogP contribution in [0.2, 0.25) is 0 Å². The van der Waals surface area contributed by atoms with Crippen molar-refractivity contribution in [1.82, 2.24) is 5.01 Å². The molecule has 0 saturated carbocycles. The average Bonchev–Trinajstić information content (AvgIpc) is 2.21. The molecule has 0 heterocycles. The van der Waals surface area contributed by atoms with Gasteiger partial charge in [-0.15, -0.1) is 0 Å². The van der Waals surface area contributed by atoms with Gasteiger partial charge in [0.15, 0.2) is 0 Å². The van der Waals surface area contributed by atoms with E-state index in [0.717, 1.165) is 5.56 Å². The number of halogens is 1. The van der Waals surface area contributed by atoms with E-state index in [1.807, 2.05) is 0 Å². The Balaban J connectivity index is 2.64. The highest BCUT2D eigenvalue weighted by molar-refractivity contribution is 5.90. The van der Waals surface area contributed by atoms with E-state index < -0.39 is 5.91 Å². The third-order valence-corrected chi connectivity index (χ3v) is 1.87. The molecule has 0 aliphatic carbocycles. The van der Waals surface area contributed by atoms with E-state index >= 15 is 0 Å². The van der Waals surface area contributed by atoms with Crippen molar-refractivity contribution in [2.75, 3.05) is 0 Å². The number of hydrogen-bond acceptors (Lipinski definition) is 4. The second-order valence-corrected chi connectivity index (χ2v) is 3.25. The van der Waals surface area contributed by atoms with E-state index in [2.05, 4.69) is 0 Å². The van der Waals surface area contributed by atoms with Crippen LogP contribution in [0.15, 0.2) is 36.2 Å². The maximum atomic E-state index is 12.6. The molecule has 0 atom stereocenters. The van der Waals surface area contributed by atoms with Crippen LogP contribution in [0.1, 0.15) is 5.56 Å². The van der Waals surface area contributed by atoms with Gasteiger partial charge in [-0.05, 0) is 17.7 Å². The van der Waals surface area contributed by atoms with Crippen molar-refractivity contribution in [2.24, 2.45) is 17.3 Å². The van der Waals surface area contributed by atoms with Crippen LogP contribution in [0.3, 0.4) is 0 Å². The van der Waals surface area contributed by atoms with Crippen molar-refractivity contribution in [3.8, 4) is 0 Å². The summed E-state index contributed by atoms with van der Waals surface area (Å²) in [5, 5.41) is 1.20. The predicted octanol–water partition coefficient (Wildman–Crippen LogP) is -0.213. The summed E-state index contributed by atoms with van der Waals surface area (Å²) in [6, 6.07) is 5.82. The van der Waals surface area contributed by atoms with Crippen molar-refractivity contribution in [3.63, 3.8) is 0 Å². The van der Waals surface area contributed by atoms with Gasteiger partial charge in [0, 0.05) is 6.20 Å². The van der Waals surface area contributed by atoms with E-state index in [0.29, 0.717) is 6.54 Å². The minimum atomic E-state index is -0.741. The second kappa shape index (κ2) is 5.13. The Hall–Kier alpha value is -2.08. The largest absolute Gasteiger partial charge is 0.393 e. The number of benzene rings is 1. The van der Waals surface area contributed by atoms with Gasteiger partial charge < -0.3 is 16.5 Å². The van der Waals surface area contributed by atoms with Crippen LogP contribution in [-0.4, -0.2) is 10.9 Å². The van der Waals surface area contributed by atoms with Gasteiger partial charge >= 0.3 is 0 Å². The van der Waals surface area contributed by atoms with Gasteiger partial charge in [-0.3, -0.25) is 4.79 Å². The zero-order valence-corrected chi connectivity index (χ0v) is 8.56. The lowest BCUT2D eigenvalue weighted by Gasteiger charge is -2.14. The summed E-state index contributed by atoms with van der Waals surface area (Å²) < 4.78 is 12.6. The van der Waals surface area contributed by atoms with Crippen molar-refractivity contribution >= 4 is 5.91 Å². The fourth-order valence-corrected chi connectivity index (χ4v) is 1.09. The minimum Gasteiger partial charge on any atom is -0.393 e. The Morgan fingerprint density at radius 1 is 1.31 bits per heavy atom. The fourth-order valence-electron chi connectivity index (χ4n) is 1.09. The van der Waals surface area contributed by atoms with E-state index in [1.165, 1.54) is 23.3 Å². The molecule has 0 bridgehead atoms. The molecule has 1 rings (SSSR count). The molecule has 0 aromatic heterocycles. The van der Waals surface area contributed by atoms with Gasteiger partial charge in [-0.25, -0.2) is 10.2 Å². The Kier molecular flexibility index (Phi) is 3.84. The summed E-state index contributed by atoms with van der Waals surface area (Å²) >= 11 is 0. The summed E-state index contributed by atoms with van der Waals surface area (Å²) in [6.07, 6.45) is 1.23. The van der Waals surface area contributed by atoms with Crippen LogP contribution >= 0.6 is 0 Å². The summed E-state index contributed by atoms with van der Waals surface area (Å²) in [7, 11) is 0. The number of primary amides is 1. The Bertz CT molecular complexity index is 402. The molecule has 6 heteroatoms. The highest BCUT2D eigenvalue weighted by atomic mass is 19.1. The van der Waals surface area contributed by atoms with Crippen molar-refractivity contribution < 1.29 is 9.18 Å². The van der Waals surface area contributed by atoms with E-state index in [-0.39, 0.29) is 11.5 Å². The first-order valence-corrected chi connectivity index (χ1v) is 4.52. The van der Waals surface area contributed by atoms with Gasteiger partial charge in [0.05, 0.1) is 6.54 Å². The molecule has 0 aliphatic heterocycles. The number of rotatable bonds is 4. The molecule has 0 saturated heterocycles. The molecule has 5 nitrogen and oxygen atoms in total. The molecule has 1 amide bonds. The fraction of sp³-hybridized carbons (Fsp3) is 0.100. The van der Waals surface area contributed by atoms with E-state index in [4.69, 9.17) is 17.3 Å². The van der Waals surface area contributed by atoms with Crippen LogP contribution in [0.4, 0.5) is 4.39 Å². The highest BCUT2D eigenvalue weighted by Gasteiger charge is 2.02. The lowest BCUT2D eigenvalue weighted by Crippen LogP contribution is -2.29. The Morgan fingerprint density at radius 3 is 2.38 bits per heavy atom. The molecule has 1 aromatic rings. The zero-order chi connectivity index (χ0) is 12.1. The third kappa shape index (κ3) is 3.58. The number of hydrogen-bond donors (Lipinski definition) is 3. The van der Waals surface area contributed by atoms with Crippen LogP contribution in [-0.2, 0) is 11.3 Å². The molecule has 0 radical (unpaired) electrons. The molecule has 0 aliphatic rings. The maximum Gasteiger partial charge on any atom is 0.266 e. The van der Waals surface area contributed by atoms with Gasteiger partial charge in [-0.2, -0.15) is 0 Å². The van der Waals surface area contributed by atoms with Crippen LogP contribution in [0.25, 0.3) is 0 Å². The first kappa shape index (κ1) is 12.0. The molecule has 0 fully saturated rings.